The van der Waals surface area contributed by atoms with E-state index in [-0.39, 0.29) is 0 Å². The third-order valence-corrected chi connectivity index (χ3v) is 4.47. The topological polar surface area (TPSA) is 20.3 Å². The molecule has 2 aliphatic rings. The lowest BCUT2D eigenvalue weighted by molar-refractivity contribution is -0.116. The van der Waals surface area contributed by atoms with Crippen LogP contribution in [-0.2, 0) is 4.79 Å². The SMILES string of the molecule is CC(C)N(C(C)C)C1CCC2=C(CCCC2=O)C1. The smallest absolute Gasteiger partial charge is 0.158 e. The molecule has 0 aromatic carbocycles. The van der Waals surface area contributed by atoms with E-state index in [1.165, 1.54) is 24.0 Å². The Morgan fingerprint density at radius 1 is 1.06 bits per heavy atom. The zero-order chi connectivity index (χ0) is 13.3. The molecular weight excluding hydrogens is 222 g/mol. The highest BCUT2D eigenvalue weighted by atomic mass is 16.1. The molecule has 0 spiro atoms. The van der Waals surface area contributed by atoms with E-state index >= 15 is 0 Å². The van der Waals surface area contributed by atoms with Gasteiger partial charge in [0, 0.05) is 24.5 Å². The number of hydrogen-bond acceptors (Lipinski definition) is 2. The number of rotatable bonds is 3. The highest BCUT2D eigenvalue weighted by Gasteiger charge is 2.32. The van der Waals surface area contributed by atoms with Gasteiger partial charge in [-0.1, -0.05) is 5.57 Å². The first-order valence-electron chi connectivity index (χ1n) is 7.52. The summed E-state index contributed by atoms with van der Waals surface area (Å²) in [4.78, 5) is 14.5. The molecule has 0 N–H and O–H groups in total. The van der Waals surface area contributed by atoms with Gasteiger partial charge in [-0.15, -0.1) is 0 Å². The molecule has 2 heteroatoms. The number of ketones is 1. The molecule has 0 aliphatic heterocycles. The number of carbonyl (C=O) groups excluding carboxylic acids is 1. The zero-order valence-corrected chi connectivity index (χ0v) is 12.3. The first kappa shape index (κ1) is 13.8. The number of hydrogen-bond donors (Lipinski definition) is 0. The molecule has 2 rings (SSSR count). The van der Waals surface area contributed by atoms with Crippen molar-refractivity contribution in [3.63, 3.8) is 0 Å². The van der Waals surface area contributed by atoms with Gasteiger partial charge in [0.15, 0.2) is 5.78 Å². The van der Waals surface area contributed by atoms with Crippen molar-refractivity contribution >= 4 is 5.78 Å². The maximum atomic E-state index is 11.9. The molecule has 1 atom stereocenters. The van der Waals surface area contributed by atoms with Crippen molar-refractivity contribution in [3.05, 3.63) is 11.1 Å². The number of nitrogens with zero attached hydrogens (tertiary/aromatic N) is 1. The van der Waals surface area contributed by atoms with Crippen molar-refractivity contribution in [1.29, 1.82) is 0 Å². The molecule has 0 saturated carbocycles. The second-order valence-corrected chi connectivity index (χ2v) is 6.39. The van der Waals surface area contributed by atoms with Gasteiger partial charge in [-0.05, 0) is 65.4 Å². The number of Topliss-reactive ketones (excluding diaryl/α,β-unsaturated/α-hetero) is 1. The van der Waals surface area contributed by atoms with Gasteiger partial charge >= 0.3 is 0 Å². The Morgan fingerprint density at radius 2 is 1.72 bits per heavy atom. The largest absolute Gasteiger partial charge is 0.295 e. The van der Waals surface area contributed by atoms with Gasteiger partial charge in [0.1, 0.15) is 0 Å². The van der Waals surface area contributed by atoms with E-state index in [1.54, 1.807) is 0 Å². The van der Waals surface area contributed by atoms with Crippen LogP contribution in [0.3, 0.4) is 0 Å². The van der Waals surface area contributed by atoms with Gasteiger partial charge in [-0.2, -0.15) is 0 Å². The van der Waals surface area contributed by atoms with Crippen LogP contribution >= 0.6 is 0 Å². The highest BCUT2D eigenvalue weighted by Crippen LogP contribution is 2.36. The minimum Gasteiger partial charge on any atom is -0.295 e. The summed E-state index contributed by atoms with van der Waals surface area (Å²) in [6.07, 6.45) is 6.37. The standard InChI is InChI=1S/C16H27NO/c1-11(2)17(12(3)4)14-8-9-15-13(10-14)6-5-7-16(15)18/h11-12,14H,5-10H2,1-4H3. The van der Waals surface area contributed by atoms with Gasteiger partial charge in [-0.3, -0.25) is 9.69 Å². The van der Waals surface area contributed by atoms with E-state index in [9.17, 15) is 4.79 Å². The Kier molecular flexibility index (Phi) is 4.26. The Hall–Kier alpha value is -0.630. The summed E-state index contributed by atoms with van der Waals surface area (Å²) >= 11 is 0. The van der Waals surface area contributed by atoms with Crippen molar-refractivity contribution in [3.8, 4) is 0 Å². The van der Waals surface area contributed by atoms with Crippen molar-refractivity contribution in [2.75, 3.05) is 0 Å². The summed E-state index contributed by atoms with van der Waals surface area (Å²) in [5, 5.41) is 0. The highest BCUT2D eigenvalue weighted by molar-refractivity contribution is 5.97. The number of carbonyl (C=O) groups is 1. The normalized spacial score (nSPS) is 25.3. The van der Waals surface area contributed by atoms with Crippen LogP contribution in [0.2, 0.25) is 0 Å². The van der Waals surface area contributed by atoms with Crippen LogP contribution in [0.15, 0.2) is 11.1 Å². The molecule has 0 amide bonds. The summed E-state index contributed by atoms with van der Waals surface area (Å²) < 4.78 is 0. The summed E-state index contributed by atoms with van der Waals surface area (Å²) in [5.74, 6) is 0.440. The molecule has 1 unspecified atom stereocenters. The van der Waals surface area contributed by atoms with E-state index in [4.69, 9.17) is 0 Å². The minimum absolute atomic E-state index is 0.440. The summed E-state index contributed by atoms with van der Waals surface area (Å²) in [7, 11) is 0. The third-order valence-electron chi connectivity index (χ3n) is 4.47. The van der Waals surface area contributed by atoms with Gasteiger partial charge < -0.3 is 0 Å². The molecule has 102 valence electrons. The summed E-state index contributed by atoms with van der Waals surface area (Å²) in [6, 6.07) is 1.84. The van der Waals surface area contributed by atoms with E-state index in [0.717, 1.165) is 25.7 Å². The molecule has 2 aliphatic carbocycles. The number of allylic oxidation sites excluding steroid dienone is 1. The maximum Gasteiger partial charge on any atom is 0.158 e. The zero-order valence-electron chi connectivity index (χ0n) is 12.3. The maximum absolute atomic E-state index is 11.9. The van der Waals surface area contributed by atoms with E-state index in [1.807, 2.05) is 0 Å². The monoisotopic (exact) mass is 249 g/mol. The van der Waals surface area contributed by atoms with Gasteiger partial charge in [-0.25, -0.2) is 0 Å². The third kappa shape index (κ3) is 2.69. The fourth-order valence-electron chi connectivity index (χ4n) is 3.89. The van der Waals surface area contributed by atoms with Crippen LogP contribution in [-0.4, -0.2) is 28.8 Å². The van der Waals surface area contributed by atoms with Gasteiger partial charge in [0.05, 0.1) is 0 Å². The molecule has 0 radical (unpaired) electrons. The lowest BCUT2D eigenvalue weighted by Gasteiger charge is -2.42. The Balaban J connectivity index is 2.14. The average molecular weight is 249 g/mol. The van der Waals surface area contributed by atoms with E-state index in [0.29, 0.717) is 23.9 Å². The second kappa shape index (κ2) is 5.56. The first-order chi connectivity index (χ1) is 8.50. The van der Waals surface area contributed by atoms with Crippen LogP contribution in [0.1, 0.15) is 66.2 Å². The quantitative estimate of drug-likeness (QED) is 0.760. The van der Waals surface area contributed by atoms with E-state index < -0.39 is 0 Å². The molecule has 0 fully saturated rings. The van der Waals surface area contributed by atoms with Gasteiger partial charge in [0.2, 0.25) is 0 Å². The molecule has 2 nitrogen and oxygen atoms in total. The van der Waals surface area contributed by atoms with Crippen LogP contribution in [0.25, 0.3) is 0 Å². The summed E-state index contributed by atoms with van der Waals surface area (Å²) in [6.45, 7) is 9.15. The van der Waals surface area contributed by atoms with E-state index in [2.05, 4.69) is 32.6 Å². The fraction of sp³-hybridized carbons (Fsp3) is 0.812. The molecule has 18 heavy (non-hydrogen) atoms. The molecule has 0 bridgehead atoms. The first-order valence-corrected chi connectivity index (χ1v) is 7.52. The van der Waals surface area contributed by atoms with Crippen LogP contribution in [0.5, 0.6) is 0 Å². The Labute approximate surface area is 111 Å². The van der Waals surface area contributed by atoms with Crippen molar-refractivity contribution < 1.29 is 4.79 Å². The van der Waals surface area contributed by atoms with Gasteiger partial charge in [0.25, 0.3) is 0 Å². The molecular formula is C16H27NO. The van der Waals surface area contributed by atoms with Crippen LogP contribution < -0.4 is 0 Å². The second-order valence-electron chi connectivity index (χ2n) is 6.39. The predicted octanol–water partition coefficient (Wildman–Crippen LogP) is 3.71. The lowest BCUT2D eigenvalue weighted by Crippen LogP contribution is -2.46. The Morgan fingerprint density at radius 3 is 2.33 bits per heavy atom. The minimum atomic E-state index is 0.440. The fourth-order valence-corrected chi connectivity index (χ4v) is 3.89. The van der Waals surface area contributed by atoms with Crippen molar-refractivity contribution in [2.24, 2.45) is 0 Å². The molecule has 0 aromatic heterocycles. The van der Waals surface area contributed by atoms with Crippen molar-refractivity contribution in [2.45, 2.75) is 84.3 Å². The predicted molar refractivity (Wildman–Crippen MR) is 75.6 cm³/mol. The molecule has 0 saturated heterocycles. The van der Waals surface area contributed by atoms with Crippen LogP contribution in [0, 0.1) is 0 Å². The molecule has 0 aromatic rings. The Bertz CT molecular complexity index is 346. The van der Waals surface area contributed by atoms with Crippen LogP contribution in [0.4, 0.5) is 0 Å². The summed E-state index contributed by atoms with van der Waals surface area (Å²) in [5.41, 5.74) is 2.68. The average Bonchev–Trinajstić information content (AvgIpc) is 2.28. The van der Waals surface area contributed by atoms with Crippen molar-refractivity contribution in [1.82, 2.24) is 4.90 Å². The molecule has 0 heterocycles. The lowest BCUT2D eigenvalue weighted by atomic mass is 9.78.